The average molecular weight is 449 g/mol. The summed E-state index contributed by atoms with van der Waals surface area (Å²) >= 11 is 1.99. The van der Waals surface area contributed by atoms with Gasteiger partial charge in [0.2, 0.25) is 0 Å². The maximum absolute atomic E-state index is 7.14. The zero-order chi connectivity index (χ0) is 22.5. The van der Waals surface area contributed by atoms with Crippen LogP contribution in [0.3, 0.4) is 0 Å². The molecule has 3 aromatic carbocycles. The van der Waals surface area contributed by atoms with Gasteiger partial charge in [0.25, 0.3) is 0 Å². The Bertz CT molecular complexity index is 930. The second-order valence-corrected chi connectivity index (χ2v) is 15.7. The lowest BCUT2D eigenvalue weighted by Crippen LogP contribution is -2.42. The molecule has 164 valence electrons. The fourth-order valence-electron chi connectivity index (χ4n) is 3.32. The smallest absolute Gasteiger partial charge is 0.192 e. The summed E-state index contributed by atoms with van der Waals surface area (Å²) in [4.78, 5) is 0. The predicted octanol–water partition coefficient (Wildman–Crippen LogP) is 8.73. The Morgan fingerprint density at radius 3 is 1.87 bits per heavy atom. The Balaban J connectivity index is 2.01. The number of aryl methyl sites for hydroxylation is 1. The molecule has 0 spiro atoms. The minimum absolute atomic E-state index is 0.0125. The molecule has 0 aromatic heterocycles. The van der Waals surface area contributed by atoms with E-state index < -0.39 is 8.32 Å². The first kappa shape index (κ1) is 23.8. The van der Waals surface area contributed by atoms with Crippen molar-refractivity contribution in [2.24, 2.45) is 0 Å². The van der Waals surface area contributed by atoms with E-state index >= 15 is 0 Å². The predicted molar refractivity (Wildman–Crippen MR) is 139 cm³/mol. The summed E-state index contributed by atoms with van der Waals surface area (Å²) in [5.41, 5.74) is 5.23. The molecule has 0 aliphatic carbocycles. The standard InChI is InChI=1S/C28H36OSSi/c1-22-17-19-25(20-18-22)27(30-21-23-13-9-7-10-14-23)26(24-15-11-8-12-16-24)29-31(5,6)28(2,3)4/h7-20,26-27H,21H2,1-6H3/t26-,27-/m1/s1. The van der Waals surface area contributed by atoms with Crippen LogP contribution in [0, 0.1) is 6.92 Å². The van der Waals surface area contributed by atoms with Crippen LogP contribution in [0.1, 0.15) is 54.4 Å². The molecular formula is C28H36OSSi. The van der Waals surface area contributed by atoms with Crippen LogP contribution in [0.4, 0.5) is 0 Å². The van der Waals surface area contributed by atoms with Gasteiger partial charge in [0.1, 0.15) is 0 Å². The summed E-state index contributed by atoms with van der Waals surface area (Å²) in [7, 11) is -1.98. The van der Waals surface area contributed by atoms with E-state index in [1.54, 1.807) is 0 Å². The van der Waals surface area contributed by atoms with Gasteiger partial charge in [-0.15, -0.1) is 11.8 Å². The van der Waals surface area contributed by atoms with Crippen molar-refractivity contribution in [3.8, 4) is 0 Å². The molecule has 0 unspecified atom stereocenters. The molecule has 3 rings (SSSR count). The monoisotopic (exact) mass is 448 g/mol. The molecule has 0 saturated heterocycles. The van der Waals surface area contributed by atoms with Crippen molar-refractivity contribution >= 4 is 20.1 Å². The average Bonchev–Trinajstić information content (AvgIpc) is 2.74. The van der Waals surface area contributed by atoms with E-state index in [2.05, 4.69) is 126 Å². The summed E-state index contributed by atoms with van der Waals surface area (Å²) < 4.78 is 7.14. The second-order valence-electron chi connectivity index (χ2n) is 9.84. The highest BCUT2D eigenvalue weighted by molar-refractivity contribution is 7.98. The Morgan fingerprint density at radius 2 is 1.32 bits per heavy atom. The van der Waals surface area contributed by atoms with Crippen LogP contribution in [-0.2, 0) is 10.2 Å². The van der Waals surface area contributed by atoms with Crippen molar-refractivity contribution in [2.75, 3.05) is 0 Å². The summed E-state index contributed by atoms with van der Waals surface area (Å²) in [6.07, 6.45) is 0.0125. The van der Waals surface area contributed by atoms with Crippen molar-refractivity contribution in [3.05, 3.63) is 107 Å². The van der Waals surface area contributed by atoms with Gasteiger partial charge in [0.05, 0.1) is 11.4 Å². The third-order valence-corrected chi connectivity index (χ3v) is 12.1. The molecule has 31 heavy (non-hydrogen) atoms. The summed E-state index contributed by atoms with van der Waals surface area (Å²) in [5, 5.41) is 0.374. The number of hydrogen-bond acceptors (Lipinski definition) is 2. The second kappa shape index (κ2) is 10.2. The van der Waals surface area contributed by atoms with Gasteiger partial charge in [0.15, 0.2) is 8.32 Å². The lowest BCUT2D eigenvalue weighted by molar-refractivity contribution is 0.180. The zero-order valence-electron chi connectivity index (χ0n) is 19.8. The van der Waals surface area contributed by atoms with Gasteiger partial charge in [-0.25, -0.2) is 0 Å². The molecule has 3 aromatic rings. The number of benzene rings is 3. The normalized spacial score (nSPS) is 14.3. The lowest BCUT2D eigenvalue weighted by atomic mass is 10.00. The molecule has 0 aliphatic rings. The molecule has 0 fully saturated rings. The molecule has 1 nitrogen and oxygen atoms in total. The first-order valence-corrected chi connectivity index (χ1v) is 15.1. The van der Waals surface area contributed by atoms with Crippen molar-refractivity contribution in [2.45, 2.75) is 62.9 Å². The van der Waals surface area contributed by atoms with E-state index in [0.29, 0.717) is 0 Å². The number of thioether (sulfide) groups is 1. The highest BCUT2D eigenvalue weighted by Crippen LogP contribution is 2.48. The molecule has 0 N–H and O–H groups in total. The van der Waals surface area contributed by atoms with Gasteiger partial charge in [0, 0.05) is 5.75 Å². The van der Waals surface area contributed by atoms with E-state index in [9.17, 15) is 0 Å². The highest BCUT2D eigenvalue weighted by Gasteiger charge is 2.41. The first-order valence-electron chi connectivity index (χ1n) is 11.1. The fraction of sp³-hybridized carbons (Fsp3) is 0.357. The Hall–Kier alpha value is -1.81. The van der Waals surface area contributed by atoms with E-state index in [-0.39, 0.29) is 16.4 Å². The zero-order valence-corrected chi connectivity index (χ0v) is 21.6. The van der Waals surface area contributed by atoms with Crippen LogP contribution in [0.15, 0.2) is 84.9 Å². The fourth-order valence-corrected chi connectivity index (χ4v) is 5.98. The molecule has 0 radical (unpaired) electrons. The molecule has 0 heterocycles. The van der Waals surface area contributed by atoms with Crippen LogP contribution in [0.5, 0.6) is 0 Å². The van der Waals surface area contributed by atoms with E-state index in [1.807, 2.05) is 11.8 Å². The first-order chi connectivity index (χ1) is 14.7. The highest BCUT2D eigenvalue weighted by atomic mass is 32.2. The quantitative estimate of drug-likeness (QED) is 0.319. The molecular weight excluding hydrogens is 412 g/mol. The maximum atomic E-state index is 7.14. The minimum Gasteiger partial charge on any atom is -0.408 e. The maximum Gasteiger partial charge on any atom is 0.192 e. The summed E-state index contributed by atoms with van der Waals surface area (Å²) in [6, 6.07) is 30.6. The Labute approximate surface area is 194 Å². The van der Waals surface area contributed by atoms with Gasteiger partial charge in [-0.2, -0.15) is 0 Å². The Kier molecular flexibility index (Phi) is 7.85. The van der Waals surface area contributed by atoms with Crippen molar-refractivity contribution in [1.82, 2.24) is 0 Å². The van der Waals surface area contributed by atoms with Crippen molar-refractivity contribution in [3.63, 3.8) is 0 Å². The lowest BCUT2D eigenvalue weighted by Gasteiger charge is -2.41. The van der Waals surface area contributed by atoms with Crippen LogP contribution >= 0.6 is 11.8 Å². The van der Waals surface area contributed by atoms with Crippen LogP contribution < -0.4 is 0 Å². The van der Waals surface area contributed by atoms with Gasteiger partial charge in [-0.1, -0.05) is 111 Å². The van der Waals surface area contributed by atoms with Gasteiger partial charge in [-0.05, 0) is 41.7 Å². The topological polar surface area (TPSA) is 9.23 Å². The molecule has 0 saturated carbocycles. The SMILES string of the molecule is Cc1ccc([C@@H](SCc2ccccc2)[C@H](O[Si](C)(C)C(C)(C)C)c2ccccc2)cc1. The largest absolute Gasteiger partial charge is 0.408 e. The van der Waals surface area contributed by atoms with Crippen LogP contribution in [0.2, 0.25) is 18.1 Å². The van der Waals surface area contributed by atoms with Crippen LogP contribution in [0.25, 0.3) is 0 Å². The third kappa shape index (κ3) is 6.35. The van der Waals surface area contributed by atoms with Crippen molar-refractivity contribution < 1.29 is 4.43 Å². The van der Waals surface area contributed by atoms with Crippen molar-refractivity contribution in [1.29, 1.82) is 0 Å². The molecule has 0 bridgehead atoms. The van der Waals surface area contributed by atoms with Gasteiger partial charge >= 0.3 is 0 Å². The van der Waals surface area contributed by atoms with E-state index in [4.69, 9.17) is 4.43 Å². The van der Waals surface area contributed by atoms with Crippen LogP contribution in [-0.4, -0.2) is 8.32 Å². The summed E-state index contributed by atoms with van der Waals surface area (Å²) in [6.45, 7) is 13.8. The van der Waals surface area contributed by atoms with Gasteiger partial charge < -0.3 is 4.43 Å². The molecule has 0 amide bonds. The third-order valence-electron chi connectivity index (χ3n) is 6.31. The van der Waals surface area contributed by atoms with E-state index in [1.165, 1.54) is 22.3 Å². The molecule has 0 aliphatic heterocycles. The van der Waals surface area contributed by atoms with Gasteiger partial charge in [-0.3, -0.25) is 0 Å². The van der Waals surface area contributed by atoms with E-state index in [0.717, 1.165) is 5.75 Å². The number of rotatable bonds is 8. The molecule has 3 heteroatoms. The molecule has 2 atom stereocenters. The Morgan fingerprint density at radius 1 is 0.774 bits per heavy atom. The number of hydrogen-bond donors (Lipinski definition) is 0. The minimum atomic E-state index is -1.98. The summed E-state index contributed by atoms with van der Waals surface area (Å²) in [5.74, 6) is 0.962.